The second-order valence-electron chi connectivity index (χ2n) is 4.07. The van der Waals surface area contributed by atoms with E-state index in [9.17, 15) is 8.78 Å². The molecule has 0 aliphatic heterocycles. The molecule has 0 saturated heterocycles. The summed E-state index contributed by atoms with van der Waals surface area (Å²) in [6, 6.07) is 3.79. The topological polar surface area (TPSA) is 28.2 Å². The van der Waals surface area contributed by atoms with E-state index in [1.54, 1.807) is 18.1 Å². The first kappa shape index (κ1) is 13.8. The number of nitrogens with zero attached hydrogens (tertiary/aromatic N) is 2. The van der Waals surface area contributed by atoms with Gasteiger partial charge >= 0.3 is 0 Å². The van der Waals surface area contributed by atoms with Gasteiger partial charge in [-0.15, -0.1) is 0 Å². The van der Waals surface area contributed by atoms with E-state index in [-0.39, 0.29) is 6.54 Å². The quantitative estimate of drug-likeness (QED) is 0.798. The molecule has 1 heterocycles. The highest BCUT2D eigenvalue weighted by atomic mass is 19.3. The van der Waals surface area contributed by atoms with Crippen molar-refractivity contribution in [1.29, 1.82) is 0 Å². The van der Waals surface area contributed by atoms with E-state index in [0.29, 0.717) is 6.54 Å². The molecule has 0 unspecified atom stereocenters. The summed E-state index contributed by atoms with van der Waals surface area (Å²) in [4.78, 5) is 5.81. The highest BCUT2D eigenvalue weighted by Gasteiger charge is 2.08. The molecule has 0 amide bonds. The summed E-state index contributed by atoms with van der Waals surface area (Å²) < 4.78 is 24.2. The van der Waals surface area contributed by atoms with E-state index in [4.69, 9.17) is 0 Å². The Morgan fingerprint density at radius 3 is 2.71 bits per heavy atom. The Bertz CT molecular complexity index is 314. The lowest BCUT2D eigenvalue weighted by Gasteiger charge is -2.15. The number of alkyl halides is 2. The summed E-state index contributed by atoms with van der Waals surface area (Å²) in [6.45, 7) is 3.25. The summed E-state index contributed by atoms with van der Waals surface area (Å²) in [7, 11) is 1.68. The third-order valence-electron chi connectivity index (χ3n) is 2.28. The summed E-state index contributed by atoms with van der Waals surface area (Å²) in [5.41, 5.74) is 0.940. The molecule has 0 aromatic carbocycles. The van der Waals surface area contributed by atoms with E-state index in [2.05, 4.69) is 17.2 Å². The van der Waals surface area contributed by atoms with E-state index in [1.165, 1.54) is 0 Å². The standard InChI is InChI=1S/C12H19F2N3/c1-3-6-15-12-5-4-10(7-16-12)8-17(2)9-11(13)14/h4-5,7,11H,3,6,8-9H2,1-2H3,(H,15,16). The van der Waals surface area contributed by atoms with Gasteiger partial charge in [0.25, 0.3) is 6.43 Å². The zero-order chi connectivity index (χ0) is 12.7. The van der Waals surface area contributed by atoms with Crippen molar-refractivity contribution in [2.45, 2.75) is 26.3 Å². The maximum atomic E-state index is 12.1. The second kappa shape index (κ2) is 7.17. The van der Waals surface area contributed by atoms with E-state index in [1.807, 2.05) is 12.1 Å². The number of nitrogens with one attached hydrogen (secondary N) is 1. The van der Waals surface area contributed by atoms with Gasteiger partial charge in [0.1, 0.15) is 5.82 Å². The zero-order valence-electron chi connectivity index (χ0n) is 10.3. The fourth-order valence-electron chi connectivity index (χ4n) is 1.49. The molecular formula is C12H19F2N3. The largest absolute Gasteiger partial charge is 0.370 e. The third kappa shape index (κ3) is 5.58. The number of aromatic nitrogens is 1. The van der Waals surface area contributed by atoms with Crippen molar-refractivity contribution in [1.82, 2.24) is 9.88 Å². The van der Waals surface area contributed by atoms with Crippen LogP contribution in [0.1, 0.15) is 18.9 Å². The highest BCUT2D eigenvalue weighted by molar-refractivity contribution is 5.35. The van der Waals surface area contributed by atoms with Crippen LogP contribution in [0.25, 0.3) is 0 Å². The molecule has 0 radical (unpaired) electrons. The van der Waals surface area contributed by atoms with Crippen molar-refractivity contribution in [3.05, 3.63) is 23.9 Å². The first-order valence-corrected chi connectivity index (χ1v) is 5.77. The fourth-order valence-corrected chi connectivity index (χ4v) is 1.49. The van der Waals surface area contributed by atoms with Gasteiger partial charge in [-0.25, -0.2) is 13.8 Å². The third-order valence-corrected chi connectivity index (χ3v) is 2.28. The Labute approximate surface area is 101 Å². The first-order valence-electron chi connectivity index (χ1n) is 5.77. The molecule has 1 N–H and O–H groups in total. The molecule has 1 aromatic heterocycles. The van der Waals surface area contributed by atoms with Crippen LogP contribution in [0.5, 0.6) is 0 Å². The van der Waals surface area contributed by atoms with Crippen molar-refractivity contribution < 1.29 is 8.78 Å². The molecule has 1 rings (SSSR count). The molecule has 3 nitrogen and oxygen atoms in total. The van der Waals surface area contributed by atoms with Gasteiger partial charge in [-0.3, -0.25) is 4.90 Å². The molecule has 0 aliphatic carbocycles. The average molecular weight is 243 g/mol. The summed E-state index contributed by atoms with van der Waals surface area (Å²) in [5.74, 6) is 0.826. The van der Waals surface area contributed by atoms with Gasteiger partial charge in [0.15, 0.2) is 0 Å². The van der Waals surface area contributed by atoms with E-state index in [0.717, 1.165) is 24.3 Å². The lowest BCUT2D eigenvalue weighted by molar-refractivity contribution is 0.0975. The number of pyridine rings is 1. The van der Waals surface area contributed by atoms with Gasteiger partial charge < -0.3 is 5.32 Å². The fraction of sp³-hybridized carbons (Fsp3) is 0.583. The van der Waals surface area contributed by atoms with E-state index >= 15 is 0 Å². The predicted molar refractivity (Wildman–Crippen MR) is 65.4 cm³/mol. The summed E-state index contributed by atoms with van der Waals surface area (Å²) in [6.07, 6.45) is 0.471. The summed E-state index contributed by atoms with van der Waals surface area (Å²) in [5, 5.41) is 3.16. The molecule has 5 heteroatoms. The molecular weight excluding hydrogens is 224 g/mol. The number of anilines is 1. The van der Waals surface area contributed by atoms with Crippen LogP contribution in [-0.4, -0.2) is 36.4 Å². The molecule has 0 atom stereocenters. The smallest absolute Gasteiger partial charge is 0.251 e. The minimum atomic E-state index is -2.29. The highest BCUT2D eigenvalue weighted by Crippen LogP contribution is 2.08. The van der Waals surface area contributed by atoms with Gasteiger partial charge in [-0.05, 0) is 25.1 Å². The summed E-state index contributed by atoms with van der Waals surface area (Å²) >= 11 is 0. The van der Waals surface area contributed by atoms with Crippen LogP contribution in [0.4, 0.5) is 14.6 Å². The Morgan fingerprint density at radius 1 is 1.41 bits per heavy atom. The van der Waals surface area contributed by atoms with Gasteiger partial charge in [0, 0.05) is 19.3 Å². The van der Waals surface area contributed by atoms with Gasteiger partial charge in [0.05, 0.1) is 6.54 Å². The van der Waals surface area contributed by atoms with Crippen LogP contribution < -0.4 is 5.32 Å². The Morgan fingerprint density at radius 2 is 2.18 bits per heavy atom. The number of rotatable bonds is 7. The number of halogens is 2. The molecule has 0 aliphatic rings. The van der Waals surface area contributed by atoms with Crippen LogP contribution in [0.3, 0.4) is 0 Å². The van der Waals surface area contributed by atoms with Gasteiger partial charge in [-0.1, -0.05) is 13.0 Å². The minimum Gasteiger partial charge on any atom is -0.370 e. The second-order valence-corrected chi connectivity index (χ2v) is 4.07. The minimum absolute atomic E-state index is 0.212. The molecule has 1 aromatic rings. The van der Waals surface area contributed by atoms with Crippen molar-refractivity contribution in [2.24, 2.45) is 0 Å². The van der Waals surface area contributed by atoms with Crippen LogP contribution in [0, 0.1) is 0 Å². The van der Waals surface area contributed by atoms with E-state index < -0.39 is 6.43 Å². The van der Waals surface area contributed by atoms with Gasteiger partial charge in [-0.2, -0.15) is 0 Å². The van der Waals surface area contributed by atoms with Gasteiger partial charge in [0.2, 0.25) is 0 Å². The zero-order valence-corrected chi connectivity index (χ0v) is 10.3. The Hall–Kier alpha value is -1.23. The van der Waals surface area contributed by atoms with Crippen LogP contribution in [0.2, 0.25) is 0 Å². The van der Waals surface area contributed by atoms with Crippen molar-refractivity contribution in [3.63, 3.8) is 0 Å². The molecule has 96 valence electrons. The molecule has 0 fully saturated rings. The van der Waals surface area contributed by atoms with Crippen molar-refractivity contribution in [2.75, 3.05) is 25.5 Å². The predicted octanol–water partition coefficient (Wildman–Crippen LogP) is 2.60. The normalized spacial score (nSPS) is 11.2. The lowest BCUT2D eigenvalue weighted by Crippen LogP contribution is -2.24. The first-order chi connectivity index (χ1) is 8.11. The Kier molecular flexibility index (Phi) is 5.83. The number of hydrogen-bond acceptors (Lipinski definition) is 3. The molecule has 0 bridgehead atoms. The van der Waals surface area contributed by atoms with Crippen LogP contribution in [-0.2, 0) is 6.54 Å². The monoisotopic (exact) mass is 243 g/mol. The van der Waals surface area contributed by atoms with Crippen molar-refractivity contribution >= 4 is 5.82 Å². The SMILES string of the molecule is CCCNc1ccc(CN(C)CC(F)F)cn1. The average Bonchev–Trinajstić information content (AvgIpc) is 2.27. The van der Waals surface area contributed by atoms with Crippen LogP contribution >= 0.6 is 0 Å². The molecule has 0 spiro atoms. The maximum absolute atomic E-state index is 12.1. The van der Waals surface area contributed by atoms with Crippen molar-refractivity contribution in [3.8, 4) is 0 Å². The molecule has 17 heavy (non-hydrogen) atoms. The maximum Gasteiger partial charge on any atom is 0.251 e. The number of hydrogen-bond donors (Lipinski definition) is 1. The molecule has 0 saturated carbocycles. The van der Waals surface area contributed by atoms with Crippen LogP contribution in [0.15, 0.2) is 18.3 Å². The lowest BCUT2D eigenvalue weighted by atomic mass is 10.2. The Balaban J connectivity index is 2.44.